The van der Waals surface area contributed by atoms with Gasteiger partial charge in [0.25, 0.3) is 0 Å². The fourth-order valence-electron chi connectivity index (χ4n) is 2.37. The van der Waals surface area contributed by atoms with Gasteiger partial charge in [-0.3, -0.25) is 4.79 Å². The number of ketones is 1. The molecule has 0 amide bonds. The molecule has 0 N–H and O–H groups in total. The van der Waals surface area contributed by atoms with Gasteiger partial charge < -0.3 is 0 Å². The molecule has 0 aliphatic heterocycles. The van der Waals surface area contributed by atoms with Crippen molar-refractivity contribution in [3.63, 3.8) is 0 Å². The van der Waals surface area contributed by atoms with Gasteiger partial charge in [-0.2, -0.15) is 0 Å². The van der Waals surface area contributed by atoms with E-state index in [2.05, 4.69) is 34.6 Å². The Morgan fingerprint density at radius 1 is 1.08 bits per heavy atom. The Hall–Kier alpha value is -0.330. The Kier molecular flexibility index (Phi) is 2.84. The molecule has 2 atom stereocenters. The number of hydrogen-bond acceptors (Lipinski definition) is 1. The molecule has 1 saturated carbocycles. The quantitative estimate of drug-likeness (QED) is 0.562. The Labute approximate surface area is 81.9 Å². The van der Waals surface area contributed by atoms with Crippen molar-refractivity contribution in [1.29, 1.82) is 0 Å². The van der Waals surface area contributed by atoms with Gasteiger partial charge in [-0.15, -0.1) is 0 Å². The summed E-state index contributed by atoms with van der Waals surface area (Å²) in [5.41, 5.74) is 0.364. The molecule has 0 bridgehead atoms. The van der Waals surface area contributed by atoms with Crippen LogP contribution in [-0.4, -0.2) is 5.78 Å². The van der Waals surface area contributed by atoms with Gasteiger partial charge in [-0.25, -0.2) is 0 Å². The fraction of sp³-hybridized carbons (Fsp3) is 0.917. The molecule has 13 heavy (non-hydrogen) atoms. The summed E-state index contributed by atoms with van der Waals surface area (Å²) >= 11 is 0. The summed E-state index contributed by atoms with van der Waals surface area (Å²) in [4.78, 5) is 11.6. The van der Waals surface area contributed by atoms with E-state index in [4.69, 9.17) is 0 Å². The summed E-state index contributed by atoms with van der Waals surface area (Å²) in [7, 11) is 0. The van der Waals surface area contributed by atoms with E-state index in [1.54, 1.807) is 0 Å². The third-order valence-corrected chi connectivity index (χ3v) is 3.47. The van der Waals surface area contributed by atoms with Gasteiger partial charge in [0, 0.05) is 11.8 Å². The lowest BCUT2D eigenvalue weighted by Crippen LogP contribution is -2.35. The first-order valence-corrected chi connectivity index (χ1v) is 5.36. The molecule has 0 radical (unpaired) electrons. The van der Waals surface area contributed by atoms with Gasteiger partial charge in [0.2, 0.25) is 0 Å². The zero-order valence-corrected chi connectivity index (χ0v) is 9.55. The highest BCUT2D eigenvalue weighted by Crippen LogP contribution is 2.40. The first-order valence-electron chi connectivity index (χ1n) is 5.36. The molecule has 1 aliphatic rings. The second kappa shape index (κ2) is 3.43. The van der Waals surface area contributed by atoms with Gasteiger partial charge in [0.05, 0.1) is 0 Å². The molecule has 76 valence electrons. The molecule has 1 fully saturated rings. The molecule has 0 aromatic rings. The van der Waals surface area contributed by atoms with Crippen LogP contribution >= 0.6 is 0 Å². The number of Topliss-reactive ketones (excluding diaryl/α,β-unsaturated/α-hetero) is 1. The van der Waals surface area contributed by atoms with Crippen LogP contribution in [0.1, 0.15) is 47.5 Å². The third kappa shape index (κ3) is 2.32. The van der Waals surface area contributed by atoms with E-state index < -0.39 is 0 Å². The molecule has 0 heterocycles. The average Bonchev–Trinajstić information content (AvgIpc) is 1.97. The summed E-state index contributed by atoms with van der Waals surface area (Å²) in [6.45, 7) is 11.0. The van der Waals surface area contributed by atoms with Gasteiger partial charge in [-0.1, -0.05) is 34.6 Å². The number of hydrogen-bond donors (Lipinski definition) is 0. The van der Waals surface area contributed by atoms with Crippen LogP contribution in [0, 0.1) is 23.2 Å². The van der Waals surface area contributed by atoms with Crippen LogP contribution in [0.3, 0.4) is 0 Å². The number of carbonyl (C=O) groups is 1. The van der Waals surface area contributed by atoms with E-state index in [0.29, 0.717) is 11.2 Å². The summed E-state index contributed by atoms with van der Waals surface area (Å²) in [5.74, 6) is 1.76. The molecule has 0 aromatic heterocycles. The first kappa shape index (κ1) is 10.7. The SMILES string of the molecule is C[C@@H]1CC(C(C)(C)C)C[C@@H](C)C1=O. The minimum Gasteiger partial charge on any atom is -0.299 e. The van der Waals surface area contributed by atoms with Crippen LogP contribution in [0.5, 0.6) is 0 Å². The summed E-state index contributed by atoms with van der Waals surface area (Å²) in [6, 6.07) is 0. The van der Waals surface area contributed by atoms with Crippen LogP contribution in [-0.2, 0) is 4.79 Å². The molecule has 0 saturated heterocycles. The summed E-state index contributed by atoms with van der Waals surface area (Å²) in [6.07, 6.45) is 2.18. The second-order valence-electron chi connectivity index (χ2n) is 5.74. The standard InChI is InChI=1S/C12H22O/c1-8-6-10(12(3,4)5)7-9(2)11(8)13/h8-10H,6-7H2,1-5H3/t8-,9-/m1/s1. The first-order chi connectivity index (χ1) is 5.82. The van der Waals surface area contributed by atoms with Crippen molar-refractivity contribution in [3.8, 4) is 0 Å². The second-order valence-corrected chi connectivity index (χ2v) is 5.74. The molecular formula is C12H22O. The van der Waals surface area contributed by atoms with E-state index in [0.717, 1.165) is 18.8 Å². The number of rotatable bonds is 0. The zero-order chi connectivity index (χ0) is 10.2. The normalized spacial score (nSPS) is 36.4. The summed E-state index contributed by atoms with van der Waals surface area (Å²) in [5, 5.41) is 0. The van der Waals surface area contributed by atoms with Gasteiger partial charge >= 0.3 is 0 Å². The topological polar surface area (TPSA) is 17.1 Å². The molecule has 0 unspecified atom stereocenters. The van der Waals surface area contributed by atoms with Crippen molar-refractivity contribution >= 4 is 5.78 Å². The molecule has 0 spiro atoms. The van der Waals surface area contributed by atoms with Crippen molar-refractivity contribution < 1.29 is 4.79 Å². The minimum absolute atomic E-state index is 0.285. The summed E-state index contributed by atoms with van der Waals surface area (Å²) < 4.78 is 0. The molecular weight excluding hydrogens is 160 g/mol. The highest BCUT2D eigenvalue weighted by atomic mass is 16.1. The Morgan fingerprint density at radius 2 is 1.46 bits per heavy atom. The van der Waals surface area contributed by atoms with Crippen molar-refractivity contribution in [1.82, 2.24) is 0 Å². The monoisotopic (exact) mass is 182 g/mol. The lowest BCUT2D eigenvalue weighted by molar-refractivity contribution is -0.130. The average molecular weight is 182 g/mol. The maximum atomic E-state index is 11.6. The van der Waals surface area contributed by atoms with Crippen molar-refractivity contribution in [2.45, 2.75) is 47.5 Å². The molecule has 0 aromatic carbocycles. The fourth-order valence-corrected chi connectivity index (χ4v) is 2.37. The Bertz CT molecular complexity index is 186. The number of carbonyl (C=O) groups excluding carboxylic acids is 1. The molecule has 1 rings (SSSR count). The van der Waals surface area contributed by atoms with Crippen molar-refractivity contribution in [3.05, 3.63) is 0 Å². The molecule has 1 heteroatoms. The highest BCUT2D eigenvalue weighted by molar-refractivity contribution is 5.83. The van der Waals surface area contributed by atoms with Crippen molar-refractivity contribution in [2.24, 2.45) is 23.2 Å². The van der Waals surface area contributed by atoms with E-state index in [9.17, 15) is 4.79 Å². The lowest BCUT2D eigenvalue weighted by atomic mass is 9.66. The van der Waals surface area contributed by atoms with Crippen molar-refractivity contribution in [2.75, 3.05) is 0 Å². The smallest absolute Gasteiger partial charge is 0.138 e. The minimum atomic E-state index is 0.285. The Balaban J connectivity index is 2.69. The Morgan fingerprint density at radius 3 is 1.77 bits per heavy atom. The molecule has 1 aliphatic carbocycles. The van der Waals surface area contributed by atoms with E-state index in [1.807, 2.05) is 0 Å². The van der Waals surface area contributed by atoms with Crippen LogP contribution in [0.4, 0.5) is 0 Å². The van der Waals surface area contributed by atoms with Crippen LogP contribution < -0.4 is 0 Å². The van der Waals surface area contributed by atoms with Crippen LogP contribution in [0.25, 0.3) is 0 Å². The predicted octanol–water partition coefficient (Wildman–Crippen LogP) is 3.28. The van der Waals surface area contributed by atoms with E-state index in [-0.39, 0.29) is 11.8 Å². The third-order valence-electron chi connectivity index (χ3n) is 3.47. The van der Waals surface area contributed by atoms with Crippen LogP contribution in [0.2, 0.25) is 0 Å². The zero-order valence-electron chi connectivity index (χ0n) is 9.55. The van der Waals surface area contributed by atoms with E-state index >= 15 is 0 Å². The largest absolute Gasteiger partial charge is 0.299 e. The highest BCUT2D eigenvalue weighted by Gasteiger charge is 2.36. The van der Waals surface area contributed by atoms with E-state index in [1.165, 1.54) is 0 Å². The maximum absolute atomic E-state index is 11.6. The predicted molar refractivity (Wildman–Crippen MR) is 55.5 cm³/mol. The van der Waals surface area contributed by atoms with Gasteiger partial charge in [0.15, 0.2) is 0 Å². The lowest BCUT2D eigenvalue weighted by Gasteiger charge is -2.38. The molecule has 1 nitrogen and oxygen atoms in total. The van der Waals surface area contributed by atoms with Gasteiger partial charge in [0.1, 0.15) is 5.78 Å². The van der Waals surface area contributed by atoms with Gasteiger partial charge in [-0.05, 0) is 24.2 Å². The maximum Gasteiger partial charge on any atom is 0.138 e. The van der Waals surface area contributed by atoms with Crippen LogP contribution in [0.15, 0.2) is 0 Å².